The molecule has 0 radical (unpaired) electrons. The van der Waals surface area contributed by atoms with Crippen molar-refractivity contribution in [1.82, 2.24) is 0 Å². The Morgan fingerprint density at radius 3 is 1.08 bits per heavy atom. The van der Waals surface area contributed by atoms with Crippen LogP contribution < -0.4 is 14.7 Å². The molecule has 5 heteroatoms. The molecule has 3 heterocycles. The SMILES string of the molecule is CC(C)(C)c1ccc(N(c2ccc(-c3cccc4ccccc34)cc2)c2cc3c(c4c2oc2ccccc24)-c2c(cc(N(c4ccc(-c5cccc6ccccc56)cc4)c4ccc(C(C)(C)C)cc4)c4oc5ccccc5c24)C32c3ccccc3N(c3ccccc3)c3ccccc32)cc1. The van der Waals surface area contributed by atoms with Gasteiger partial charge in [-0.1, -0.05) is 266 Å². The van der Waals surface area contributed by atoms with E-state index >= 15 is 0 Å². The lowest BCUT2D eigenvalue weighted by atomic mass is 9.64. The molecule has 0 saturated heterocycles. The fourth-order valence-electron chi connectivity index (χ4n) is 16.6. The molecule has 0 N–H and O–H groups in total. The monoisotopic (exact) mass is 1290 g/mol. The topological polar surface area (TPSA) is 36.0 Å². The first kappa shape index (κ1) is 59.1. The normalized spacial score (nSPS) is 13.2. The molecule has 0 saturated carbocycles. The Morgan fingerprint density at radius 1 is 0.310 bits per heavy atom. The number of rotatable bonds is 9. The molecule has 0 unspecified atom stereocenters. The predicted molar refractivity (Wildman–Crippen MR) is 419 cm³/mol. The highest BCUT2D eigenvalue weighted by molar-refractivity contribution is 6.27. The van der Waals surface area contributed by atoms with Crippen molar-refractivity contribution in [2.45, 2.75) is 57.8 Å². The number of nitrogens with zero attached hydrogens (tertiary/aromatic N) is 3. The van der Waals surface area contributed by atoms with Crippen molar-refractivity contribution >= 4 is 117 Å². The minimum Gasteiger partial charge on any atom is -0.454 e. The zero-order valence-corrected chi connectivity index (χ0v) is 56.8. The van der Waals surface area contributed by atoms with E-state index in [9.17, 15) is 0 Å². The van der Waals surface area contributed by atoms with E-state index in [4.69, 9.17) is 8.83 Å². The largest absolute Gasteiger partial charge is 0.454 e. The van der Waals surface area contributed by atoms with E-state index in [0.29, 0.717) is 0 Å². The molecular formula is C95H71N3O2. The van der Waals surface area contributed by atoms with Gasteiger partial charge in [-0.15, -0.1) is 0 Å². The average molecular weight is 1290 g/mol. The second-order valence-electron chi connectivity index (χ2n) is 29.1. The van der Waals surface area contributed by atoms with Crippen molar-refractivity contribution < 1.29 is 8.83 Å². The third-order valence-corrected chi connectivity index (χ3v) is 21.3. The van der Waals surface area contributed by atoms with Crippen LogP contribution in [0.2, 0.25) is 0 Å². The number of para-hydroxylation sites is 5. The van der Waals surface area contributed by atoms with Crippen molar-refractivity contribution in [2.75, 3.05) is 14.7 Å². The molecule has 2 aliphatic rings. The quantitative estimate of drug-likeness (QED) is 0.144. The van der Waals surface area contributed by atoms with Crippen molar-refractivity contribution in [2.24, 2.45) is 0 Å². The zero-order valence-electron chi connectivity index (χ0n) is 56.8. The van der Waals surface area contributed by atoms with Crippen LogP contribution in [0.1, 0.15) is 74.9 Å². The summed E-state index contributed by atoms with van der Waals surface area (Å²) < 4.78 is 15.3. The molecule has 1 aliphatic carbocycles. The molecule has 100 heavy (non-hydrogen) atoms. The number of anilines is 9. The first-order chi connectivity index (χ1) is 48.9. The summed E-state index contributed by atoms with van der Waals surface area (Å²) in [4.78, 5) is 7.39. The van der Waals surface area contributed by atoms with Crippen molar-refractivity contribution in [3.05, 3.63) is 355 Å². The second kappa shape index (κ2) is 22.4. The average Bonchev–Trinajstić information content (AvgIpc) is 1.48. The van der Waals surface area contributed by atoms with E-state index < -0.39 is 5.41 Å². The standard InChI is InChI=1S/C95H71N3O2/c1-93(2,3)64-46-54-69(55-47-64)96(67-50-42-62(43-51-67)73-34-22-26-60-24-10-12-30-71(60)73)83-58-79-89(87-75-32-14-20-40-85(75)99-91(83)87)90-80(95(79)77-36-16-18-38-81(77)98(66-28-8-7-9-29-66)82-39-19-17-37-78(82)95)59-84(92-88(90)76-33-15-21-41-86(76)100-92)97(70-56-48-65(49-57-70)94(4,5)6)68-52-44-63(45-53-68)74-35-23-27-61-25-11-13-31-72(61)74/h7-59H,1-6H3. The van der Waals surface area contributed by atoms with Gasteiger partial charge in [-0.2, -0.15) is 0 Å². The van der Waals surface area contributed by atoms with Gasteiger partial charge in [0.15, 0.2) is 11.2 Å². The third-order valence-electron chi connectivity index (χ3n) is 21.3. The van der Waals surface area contributed by atoms with Crippen LogP contribution in [0.4, 0.5) is 51.2 Å². The van der Waals surface area contributed by atoms with E-state index in [1.54, 1.807) is 0 Å². The predicted octanol–water partition coefficient (Wildman–Crippen LogP) is 26.8. The van der Waals surface area contributed by atoms with E-state index in [1.807, 2.05) is 0 Å². The molecule has 478 valence electrons. The molecule has 19 rings (SSSR count). The van der Waals surface area contributed by atoms with Gasteiger partial charge in [-0.3, -0.25) is 0 Å². The lowest BCUT2D eigenvalue weighted by Crippen LogP contribution is -2.36. The van der Waals surface area contributed by atoms with E-state index in [-0.39, 0.29) is 10.8 Å². The summed E-state index contributed by atoms with van der Waals surface area (Å²) in [7, 11) is 0. The van der Waals surface area contributed by atoms with E-state index in [2.05, 4.69) is 378 Å². The lowest BCUT2D eigenvalue weighted by molar-refractivity contribution is 0.590. The summed E-state index contributed by atoms with van der Waals surface area (Å²) in [6, 6.07) is 119. The number of fused-ring (bicyclic) bond motifs is 19. The van der Waals surface area contributed by atoms with Crippen LogP contribution >= 0.6 is 0 Å². The van der Waals surface area contributed by atoms with Crippen LogP contribution in [0.5, 0.6) is 0 Å². The molecule has 0 atom stereocenters. The fourth-order valence-corrected chi connectivity index (χ4v) is 16.6. The Labute approximate surface area is 582 Å². The van der Waals surface area contributed by atoms with Gasteiger partial charge in [-0.25, -0.2) is 0 Å². The maximum Gasteiger partial charge on any atom is 0.160 e. The highest BCUT2D eigenvalue weighted by Crippen LogP contribution is 2.69. The Morgan fingerprint density at radius 2 is 0.660 bits per heavy atom. The van der Waals surface area contributed by atoms with Crippen molar-refractivity contribution in [3.8, 4) is 33.4 Å². The Kier molecular flexibility index (Phi) is 13.3. The fraction of sp³-hybridized carbons (Fsp3) is 0.0947. The Bertz CT molecular complexity index is 5740. The number of furan rings is 2. The molecule has 15 aromatic carbocycles. The number of hydrogen-bond donors (Lipinski definition) is 0. The van der Waals surface area contributed by atoms with Gasteiger partial charge in [0.2, 0.25) is 0 Å². The summed E-state index contributed by atoms with van der Waals surface area (Å²) in [6.07, 6.45) is 0. The number of benzene rings is 15. The van der Waals surface area contributed by atoms with Gasteiger partial charge in [0.25, 0.3) is 0 Å². The maximum absolute atomic E-state index is 7.63. The van der Waals surface area contributed by atoms with E-state index in [0.717, 1.165) is 140 Å². The maximum atomic E-state index is 7.63. The molecule has 1 aliphatic heterocycles. The highest BCUT2D eigenvalue weighted by Gasteiger charge is 2.55. The molecule has 0 amide bonds. The molecule has 0 fully saturated rings. The Hall–Kier alpha value is -12.2. The second-order valence-corrected chi connectivity index (χ2v) is 29.1. The van der Waals surface area contributed by atoms with Gasteiger partial charge in [0.05, 0.1) is 28.2 Å². The van der Waals surface area contributed by atoms with Crippen molar-refractivity contribution in [3.63, 3.8) is 0 Å². The first-order valence-electron chi connectivity index (χ1n) is 34.9. The van der Waals surface area contributed by atoms with Crippen LogP contribution in [0.3, 0.4) is 0 Å². The molecule has 0 bridgehead atoms. The van der Waals surface area contributed by atoms with Crippen LogP contribution in [0.15, 0.2) is 330 Å². The summed E-state index contributed by atoms with van der Waals surface area (Å²) in [5.41, 5.74) is 25.3. The molecule has 17 aromatic rings. The van der Waals surface area contributed by atoms with Gasteiger partial charge in [0.1, 0.15) is 11.2 Å². The van der Waals surface area contributed by atoms with Gasteiger partial charge in [-0.05, 0) is 196 Å². The summed E-state index contributed by atoms with van der Waals surface area (Å²) in [5, 5.41) is 9.03. The minimum absolute atomic E-state index is 0.0789. The summed E-state index contributed by atoms with van der Waals surface area (Å²) >= 11 is 0. The summed E-state index contributed by atoms with van der Waals surface area (Å²) in [5.74, 6) is 0. The number of hydrogen-bond acceptors (Lipinski definition) is 5. The molecular weight excluding hydrogens is 1220 g/mol. The first-order valence-corrected chi connectivity index (χ1v) is 34.9. The van der Waals surface area contributed by atoms with Crippen LogP contribution in [0.25, 0.3) is 98.8 Å². The van der Waals surface area contributed by atoms with Crippen LogP contribution in [0, 0.1) is 0 Å². The minimum atomic E-state index is -0.994. The summed E-state index contributed by atoms with van der Waals surface area (Å²) in [6.45, 7) is 13.7. The molecule has 5 nitrogen and oxygen atoms in total. The molecule has 2 aromatic heterocycles. The van der Waals surface area contributed by atoms with Crippen LogP contribution in [-0.4, -0.2) is 0 Å². The van der Waals surface area contributed by atoms with Gasteiger partial charge in [0, 0.05) is 50.0 Å². The smallest absolute Gasteiger partial charge is 0.160 e. The third kappa shape index (κ3) is 9.01. The Balaban J connectivity index is 0.955. The van der Waals surface area contributed by atoms with E-state index in [1.165, 1.54) is 43.8 Å². The van der Waals surface area contributed by atoms with Gasteiger partial charge >= 0.3 is 0 Å². The lowest BCUT2D eigenvalue weighted by Gasteiger charge is -2.45. The van der Waals surface area contributed by atoms with Crippen molar-refractivity contribution in [1.29, 1.82) is 0 Å². The van der Waals surface area contributed by atoms with Gasteiger partial charge < -0.3 is 23.5 Å². The highest BCUT2D eigenvalue weighted by atomic mass is 16.3. The zero-order chi connectivity index (χ0) is 67.2. The molecule has 1 spiro atoms. The van der Waals surface area contributed by atoms with Crippen LogP contribution in [-0.2, 0) is 16.2 Å².